The predicted molar refractivity (Wildman–Crippen MR) is 80.7 cm³/mol. The van der Waals surface area contributed by atoms with Crippen molar-refractivity contribution >= 4 is 31.9 Å². The normalized spacial score (nSPS) is 12.9. The van der Waals surface area contributed by atoms with Crippen molar-refractivity contribution in [1.29, 1.82) is 0 Å². The van der Waals surface area contributed by atoms with Crippen LogP contribution in [0.4, 0.5) is 0 Å². The minimum Gasteiger partial charge on any atom is -0.469 e. The standard InChI is InChI=1S/C13H18BrNO4S/c1-10(11-5-7-12(14)8-6-11)15-20(17,18)9-3-4-13(16)19-2/h5-8,10,15H,3-4,9H2,1-2H3. The lowest BCUT2D eigenvalue weighted by molar-refractivity contribution is -0.140. The van der Waals surface area contributed by atoms with Gasteiger partial charge < -0.3 is 4.74 Å². The van der Waals surface area contributed by atoms with Crippen molar-refractivity contribution in [2.75, 3.05) is 12.9 Å². The molecule has 5 nitrogen and oxygen atoms in total. The smallest absolute Gasteiger partial charge is 0.305 e. The Kier molecular flexibility index (Phi) is 6.64. The summed E-state index contributed by atoms with van der Waals surface area (Å²) in [6, 6.07) is 7.11. The number of rotatable bonds is 7. The number of halogens is 1. The van der Waals surface area contributed by atoms with Gasteiger partial charge in [0.05, 0.1) is 12.9 Å². The summed E-state index contributed by atoms with van der Waals surface area (Å²) in [5, 5.41) is 0. The minimum atomic E-state index is -3.41. The Morgan fingerprint density at radius 3 is 2.50 bits per heavy atom. The van der Waals surface area contributed by atoms with Crippen molar-refractivity contribution in [2.24, 2.45) is 0 Å². The molecule has 0 saturated heterocycles. The predicted octanol–water partition coefficient (Wildman–Crippen LogP) is 2.38. The second-order valence-electron chi connectivity index (χ2n) is 4.39. The van der Waals surface area contributed by atoms with Crippen molar-refractivity contribution < 1.29 is 17.9 Å². The van der Waals surface area contributed by atoms with Crippen LogP contribution in [0.15, 0.2) is 28.7 Å². The van der Waals surface area contributed by atoms with E-state index in [0.717, 1.165) is 10.0 Å². The Bertz CT molecular complexity index is 542. The molecule has 0 amide bonds. The van der Waals surface area contributed by atoms with E-state index in [1.54, 1.807) is 6.92 Å². The van der Waals surface area contributed by atoms with Gasteiger partial charge in [0, 0.05) is 16.9 Å². The largest absolute Gasteiger partial charge is 0.469 e. The molecule has 1 aromatic carbocycles. The molecule has 0 aliphatic carbocycles. The van der Waals surface area contributed by atoms with Crippen LogP contribution in [0, 0.1) is 0 Å². The van der Waals surface area contributed by atoms with E-state index < -0.39 is 16.0 Å². The average molecular weight is 364 g/mol. The number of hydrogen-bond donors (Lipinski definition) is 1. The topological polar surface area (TPSA) is 72.5 Å². The van der Waals surface area contributed by atoms with Crippen molar-refractivity contribution in [3.8, 4) is 0 Å². The fourth-order valence-corrected chi connectivity index (χ4v) is 3.24. The number of nitrogens with one attached hydrogen (secondary N) is 1. The zero-order chi connectivity index (χ0) is 15.2. The second kappa shape index (κ2) is 7.75. The van der Waals surface area contributed by atoms with Gasteiger partial charge in [0.25, 0.3) is 0 Å². The number of methoxy groups -OCH3 is 1. The van der Waals surface area contributed by atoms with E-state index in [0.29, 0.717) is 0 Å². The molecule has 0 spiro atoms. The van der Waals surface area contributed by atoms with E-state index in [4.69, 9.17) is 0 Å². The second-order valence-corrected chi connectivity index (χ2v) is 7.18. The summed E-state index contributed by atoms with van der Waals surface area (Å²) in [6.07, 6.45) is 0.346. The number of carbonyl (C=O) groups excluding carboxylic acids is 1. The third-order valence-corrected chi connectivity index (χ3v) is 4.82. The third kappa shape index (κ3) is 6.02. The molecular formula is C13H18BrNO4S. The Morgan fingerprint density at radius 1 is 1.35 bits per heavy atom. The van der Waals surface area contributed by atoms with Gasteiger partial charge in [-0.25, -0.2) is 13.1 Å². The maximum atomic E-state index is 11.9. The highest BCUT2D eigenvalue weighted by Gasteiger charge is 2.16. The molecular weight excluding hydrogens is 346 g/mol. The lowest BCUT2D eigenvalue weighted by Gasteiger charge is -2.14. The zero-order valence-electron chi connectivity index (χ0n) is 11.4. The van der Waals surface area contributed by atoms with Crippen LogP contribution in [-0.4, -0.2) is 27.2 Å². The summed E-state index contributed by atoms with van der Waals surface area (Å²) >= 11 is 3.33. The first-order valence-corrected chi connectivity index (χ1v) is 8.61. The molecule has 1 rings (SSSR count). The van der Waals surface area contributed by atoms with Crippen LogP contribution in [0.1, 0.15) is 31.4 Å². The van der Waals surface area contributed by atoms with Gasteiger partial charge in [0.2, 0.25) is 10.0 Å². The molecule has 0 heterocycles. The van der Waals surface area contributed by atoms with Crippen LogP contribution in [0.5, 0.6) is 0 Å². The van der Waals surface area contributed by atoms with Crippen LogP contribution < -0.4 is 4.72 Å². The van der Waals surface area contributed by atoms with Gasteiger partial charge in [-0.1, -0.05) is 28.1 Å². The molecule has 0 aliphatic rings. The number of hydrogen-bond acceptors (Lipinski definition) is 4. The number of sulfonamides is 1. The summed E-state index contributed by atoms with van der Waals surface area (Å²) in [5.41, 5.74) is 0.879. The monoisotopic (exact) mass is 363 g/mol. The van der Waals surface area contributed by atoms with Gasteiger partial charge in [-0.3, -0.25) is 4.79 Å². The van der Waals surface area contributed by atoms with Crippen LogP contribution in [0.3, 0.4) is 0 Å². The first-order chi connectivity index (χ1) is 9.34. The van der Waals surface area contributed by atoms with Gasteiger partial charge in [-0.2, -0.15) is 0 Å². The molecule has 1 atom stereocenters. The summed E-state index contributed by atoms with van der Waals surface area (Å²) in [5.74, 6) is -0.496. The Labute approximate surface area is 127 Å². The quantitative estimate of drug-likeness (QED) is 0.754. The highest BCUT2D eigenvalue weighted by atomic mass is 79.9. The Hall–Kier alpha value is -0.920. The van der Waals surface area contributed by atoms with E-state index in [1.165, 1.54) is 7.11 Å². The van der Waals surface area contributed by atoms with E-state index in [1.807, 2.05) is 24.3 Å². The van der Waals surface area contributed by atoms with Gasteiger partial charge >= 0.3 is 5.97 Å². The van der Waals surface area contributed by atoms with E-state index >= 15 is 0 Å². The van der Waals surface area contributed by atoms with Crippen LogP contribution in [0.25, 0.3) is 0 Å². The summed E-state index contributed by atoms with van der Waals surface area (Å²) in [7, 11) is -2.13. The fraction of sp³-hybridized carbons (Fsp3) is 0.462. The number of carbonyl (C=O) groups is 1. The van der Waals surface area contributed by atoms with Crippen LogP contribution >= 0.6 is 15.9 Å². The highest BCUT2D eigenvalue weighted by Crippen LogP contribution is 2.17. The lowest BCUT2D eigenvalue weighted by atomic mass is 10.1. The molecule has 0 fully saturated rings. The highest BCUT2D eigenvalue weighted by molar-refractivity contribution is 9.10. The molecule has 7 heteroatoms. The number of esters is 1. The molecule has 0 bridgehead atoms. The van der Waals surface area contributed by atoms with Gasteiger partial charge in [0.15, 0.2) is 0 Å². The van der Waals surface area contributed by atoms with Crippen molar-refractivity contribution in [3.05, 3.63) is 34.3 Å². The van der Waals surface area contributed by atoms with E-state index in [2.05, 4.69) is 25.4 Å². The van der Waals surface area contributed by atoms with E-state index in [-0.39, 0.29) is 24.6 Å². The van der Waals surface area contributed by atoms with E-state index in [9.17, 15) is 13.2 Å². The molecule has 0 saturated carbocycles. The summed E-state index contributed by atoms with van der Waals surface area (Å²) < 4.78 is 31.8. The first-order valence-electron chi connectivity index (χ1n) is 6.16. The molecule has 0 aromatic heterocycles. The van der Waals surface area contributed by atoms with Crippen LogP contribution in [-0.2, 0) is 19.6 Å². The Balaban J connectivity index is 2.53. The molecule has 1 N–H and O–H groups in total. The average Bonchev–Trinajstić information content (AvgIpc) is 2.38. The SMILES string of the molecule is COC(=O)CCCS(=O)(=O)NC(C)c1ccc(Br)cc1. The van der Waals surface area contributed by atoms with Crippen molar-refractivity contribution in [1.82, 2.24) is 4.72 Å². The van der Waals surface area contributed by atoms with Gasteiger partial charge in [-0.05, 0) is 31.0 Å². The maximum absolute atomic E-state index is 11.9. The van der Waals surface area contributed by atoms with Crippen molar-refractivity contribution in [2.45, 2.75) is 25.8 Å². The molecule has 0 aliphatic heterocycles. The van der Waals surface area contributed by atoms with Gasteiger partial charge in [0.1, 0.15) is 0 Å². The number of ether oxygens (including phenoxy) is 1. The molecule has 0 radical (unpaired) electrons. The van der Waals surface area contributed by atoms with Gasteiger partial charge in [-0.15, -0.1) is 0 Å². The molecule has 1 aromatic rings. The van der Waals surface area contributed by atoms with Crippen molar-refractivity contribution in [3.63, 3.8) is 0 Å². The summed E-state index contributed by atoms with van der Waals surface area (Å²) in [4.78, 5) is 10.9. The Morgan fingerprint density at radius 2 is 1.95 bits per heavy atom. The van der Waals surface area contributed by atoms with Crippen LogP contribution in [0.2, 0.25) is 0 Å². The molecule has 1 unspecified atom stereocenters. The summed E-state index contributed by atoms with van der Waals surface area (Å²) in [6.45, 7) is 1.78. The number of benzene rings is 1. The first kappa shape index (κ1) is 17.1. The third-order valence-electron chi connectivity index (χ3n) is 2.75. The maximum Gasteiger partial charge on any atom is 0.305 e. The lowest BCUT2D eigenvalue weighted by Crippen LogP contribution is -2.29. The fourth-order valence-electron chi connectivity index (χ4n) is 1.66. The molecule has 112 valence electrons. The minimum absolute atomic E-state index is 0.0943. The molecule has 20 heavy (non-hydrogen) atoms. The zero-order valence-corrected chi connectivity index (χ0v) is 13.8.